The van der Waals surface area contributed by atoms with Crippen molar-refractivity contribution in [2.75, 3.05) is 31.7 Å². The normalized spacial score (nSPS) is 15.1. The topological polar surface area (TPSA) is 58.6 Å². The van der Waals surface area contributed by atoms with E-state index in [1.165, 1.54) is 28.8 Å². The molecule has 0 spiro atoms. The Balaban J connectivity index is 1.74. The van der Waals surface area contributed by atoms with Crippen LogP contribution in [0.4, 0.5) is 18.9 Å². The summed E-state index contributed by atoms with van der Waals surface area (Å²) >= 11 is 1.22. The van der Waals surface area contributed by atoms with E-state index in [-0.39, 0.29) is 11.8 Å². The highest BCUT2D eigenvalue weighted by Gasteiger charge is 2.30. The van der Waals surface area contributed by atoms with Crippen LogP contribution in [0.2, 0.25) is 0 Å². The number of thioether (sulfide) groups is 1. The van der Waals surface area contributed by atoms with E-state index in [0.29, 0.717) is 47.9 Å². The first-order valence-corrected chi connectivity index (χ1v) is 10.9. The summed E-state index contributed by atoms with van der Waals surface area (Å²) in [5, 5.41) is 2.83. The zero-order valence-corrected chi connectivity index (χ0v) is 18.5. The van der Waals surface area contributed by atoms with Gasteiger partial charge in [-0.3, -0.25) is 9.59 Å². The second-order valence-corrected chi connectivity index (χ2v) is 8.17. The van der Waals surface area contributed by atoms with Crippen LogP contribution in [0.25, 0.3) is 6.08 Å². The third-order valence-corrected chi connectivity index (χ3v) is 5.89. The lowest BCUT2D eigenvalue weighted by Gasteiger charge is -2.27. The molecule has 0 unspecified atom stereocenters. The predicted molar refractivity (Wildman–Crippen MR) is 119 cm³/mol. The zero-order valence-electron chi connectivity index (χ0n) is 17.7. The van der Waals surface area contributed by atoms with E-state index in [0.717, 1.165) is 17.0 Å². The first kappa shape index (κ1) is 23.9. The number of likely N-dealkylation sites (N-methyl/N-ethyl adjacent to an activating group) is 1. The second kappa shape index (κ2) is 10.2. The van der Waals surface area contributed by atoms with Crippen LogP contribution in [-0.4, -0.2) is 38.6 Å². The molecule has 3 rings (SSSR count). The Morgan fingerprint density at radius 1 is 1.19 bits per heavy atom. The van der Waals surface area contributed by atoms with Gasteiger partial charge in [0, 0.05) is 37.3 Å². The minimum Gasteiger partial charge on any atom is -0.382 e. The molecule has 170 valence electrons. The summed E-state index contributed by atoms with van der Waals surface area (Å²) in [6, 6.07) is 9.74. The third kappa shape index (κ3) is 5.72. The number of hydrogen-bond acceptors (Lipinski definition) is 4. The number of fused-ring (bicyclic) bond motifs is 1. The number of nitrogens with zero attached hydrogens (tertiary/aromatic N) is 1. The Labute approximate surface area is 188 Å². The molecule has 1 N–H and O–H groups in total. The number of halogens is 3. The highest BCUT2D eigenvalue weighted by molar-refractivity contribution is 8.04. The number of ether oxygens (including phenoxy) is 1. The predicted octanol–water partition coefficient (Wildman–Crippen LogP) is 4.97. The van der Waals surface area contributed by atoms with Crippen molar-refractivity contribution < 1.29 is 27.5 Å². The van der Waals surface area contributed by atoms with Gasteiger partial charge in [-0.25, -0.2) is 0 Å². The summed E-state index contributed by atoms with van der Waals surface area (Å²) in [4.78, 5) is 27.8. The van der Waals surface area contributed by atoms with E-state index >= 15 is 0 Å². The lowest BCUT2D eigenvalue weighted by atomic mass is 10.1. The van der Waals surface area contributed by atoms with Gasteiger partial charge in [-0.2, -0.15) is 13.2 Å². The summed E-state index contributed by atoms with van der Waals surface area (Å²) in [7, 11) is 1.60. The quantitative estimate of drug-likeness (QED) is 0.464. The van der Waals surface area contributed by atoms with E-state index in [9.17, 15) is 22.8 Å². The molecule has 1 aliphatic heterocycles. The number of carbonyl (C=O) groups excluding carboxylic acids is 2. The fourth-order valence-electron chi connectivity index (χ4n) is 3.08. The van der Waals surface area contributed by atoms with E-state index in [4.69, 9.17) is 4.74 Å². The molecule has 2 aromatic rings. The average Bonchev–Trinajstić information content (AvgIpc) is 2.76. The summed E-state index contributed by atoms with van der Waals surface area (Å²) in [6.45, 7) is 3.60. The SMILES string of the molecule is CCOCCCNC(=O)c1ccc2c(c1)N(C)C(=O)C(=Cc1ccc(C(F)(F)F)cc1)S2. The summed E-state index contributed by atoms with van der Waals surface area (Å²) in [5.74, 6) is -0.530. The highest BCUT2D eigenvalue weighted by atomic mass is 32.2. The van der Waals surface area contributed by atoms with Gasteiger partial charge in [0.05, 0.1) is 16.2 Å². The van der Waals surface area contributed by atoms with Gasteiger partial charge in [0.2, 0.25) is 0 Å². The molecule has 2 aromatic carbocycles. The number of nitrogens with one attached hydrogen (secondary N) is 1. The first-order valence-electron chi connectivity index (χ1n) is 10.1. The number of benzene rings is 2. The molecule has 0 atom stereocenters. The van der Waals surface area contributed by atoms with Crippen molar-refractivity contribution in [3.63, 3.8) is 0 Å². The van der Waals surface area contributed by atoms with Crippen LogP contribution >= 0.6 is 11.8 Å². The van der Waals surface area contributed by atoms with Gasteiger partial charge in [-0.1, -0.05) is 23.9 Å². The summed E-state index contributed by atoms with van der Waals surface area (Å²) < 4.78 is 43.5. The maximum absolute atomic E-state index is 12.8. The number of anilines is 1. The Hall–Kier alpha value is -2.78. The first-order chi connectivity index (χ1) is 15.2. The number of amides is 2. The molecular formula is C23H23F3N2O3S. The molecule has 0 saturated heterocycles. The fourth-order valence-corrected chi connectivity index (χ4v) is 4.17. The molecule has 0 fully saturated rings. The molecule has 1 aliphatic rings. The molecule has 0 radical (unpaired) electrons. The Morgan fingerprint density at radius 2 is 1.91 bits per heavy atom. The molecule has 0 aliphatic carbocycles. The lowest BCUT2D eigenvalue weighted by Crippen LogP contribution is -2.31. The van der Waals surface area contributed by atoms with E-state index in [1.807, 2.05) is 6.92 Å². The maximum atomic E-state index is 12.8. The minimum atomic E-state index is -4.41. The molecule has 0 saturated carbocycles. The molecule has 5 nitrogen and oxygen atoms in total. The van der Waals surface area contributed by atoms with Crippen molar-refractivity contribution in [3.05, 3.63) is 64.1 Å². The van der Waals surface area contributed by atoms with Crippen LogP contribution in [-0.2, 0) is 15.7 Å². The van der Waals surface area contributed by atoms with E-state index < -0.39 is 11.7 Å². The molecule has 2 amide bonds. The zero-order chi connectivity index (χ0) is 23.3. The maximum Gasteiger partial charge on any atom is 0.416 e. The van der Waals surface area contributed by atoms with Crippen molar-refractivity contribution in [2.24, 2.45) is 0 Å². The largest absolute Gasteiger partial charge is 0.416 e. The third-order valence-electron chi connectivity index (χ3n) is 4.81. The number of alkyl halides is 3. The standard InChI is InChI=1S/C23H23F3N2O3S/c1-3-31-12-4-11-27-21(29)16-7-10-19-18(14-16)28(2)22(30)20(32-19)13-15-5-8-17(9-6-15)23(24,25)26/h5-10,13-14H,3-4,11-12H2,1-2H3,(H,27,29). The van der Waals surface area contributed by atoms with Gasteiger partial charge < -0.3 is 15.0 Å². The van der Waals surface area contributed by atoms with Crippen LogP contribution < -0.4 is 10.2 Å². The van der Waals surface area contributed by atoms with Crippen molar-refractivity contribution in [3.8, 4) is 0 Å². The molecular weight excluding hydrogens is 441 g/mol. The van der Waals surface area contributed by atoms with Crippen molar-refractivity contribution in [2.45, 2.75) is 24.4 Å². The van der Waals surface area contributed by atoms with Gasteiger partial charge in [0.25, 0.3) is 11.8 Å². The molecule has 32 heavy (non-hydrogen) atoms. The van der Waals surface area contributed by atoms with Crippen LogP contribution in [0.1, 0.15) is 34.8 Å². The number of rotatable bonds is 7. The monoisotopic (exact) mass is 464 g/mol. The van der Waals surface area contributed by atoms with Gasteiger partial charge in [-0.05, 0) is 55.3 Å². The summed E-state index contributed by atoms with van der Waals surface area (Å²) in [5.41, 5.74) is 0.796. The van der Waals surface area contributed by atoms with E-state index in [1.54, 1.807) is 31.3 Å². The minimum absolute atomic E-state index is 0.235. The molecule has 9 heteroatoms. The van der Waals surface area contributed by atoms with Crippen LogP contribution in [0.5, 0.6) is 0 Å². The van der Waals surface area contributed by atoms with Gasteiger partial charge in [0.15, 0.2) is 0 Å². The van der Waals surface area contributed by atoms with Crippen molar-refractivity contribution in [1.82, 2.24) is 5.32 Å². The lowest BCUT2D eigenvalue weighted by molar-refractivity contribution is -0.137. The Kier molecular flexibility index (Phi) is 7.63. The number of carbonyl (C=O) groups is 2. The van der Waals surface area contributed by atoms with E-state index in [2.05, 4.69) is 5.32 Å². The fraction of sp³-hybridized carbons (Fsp3) is 0.304. The Bertz CT molecular complexity index is 1020. The van der Waals surface area contributed by atoms with Gasteiger partial charge in [0.1, 0.15) is 0 Å². The Morgan fingerprint density at radius 3 is 2.56 bits per heavy atom. The second-order valence-electron chi connectivity index (χ2n) is 7.08. The highest BCUT2D eigenvalue weighted by Crippen LogP contribution is 2.42. The molecule has 0 bridgehead atoms. The number of hydrogen-bond donors (Lipinski definition) is 1. The van der Waals surface area contributed by atoms with Gasteiger partial charge >= 0.3 is 6.18 Å². The van der Waals surface area contributed by atoms with Gasteiger partial charge in [-0.15, -0.1) is 0 Å². The van der Waals surface area contributed by atoms with Crippen LogP contribution in [0.3, 0.4) is 0 Å². The molecule has 1 heterocycles. The summed E-state index contributed by atoms with van der Waals surface area (Å²) in [6.07, 6.45) is -2.14. The van der Waals surface area contributed by atoms with Crippen molar-refractivity contribution in [1.29, 1.82) is 0 Å². The average molecular weight is 465 g/mol. The smallest absolute Gasteiger partial charge is 0.382 e. The van der Waals surface area contributed by atoms with Crippen LogP contribution in [0, 0.1) is 0 Å². The molecule has 0 aromatic heterocycles. The van der Waals surface area contributed by atoms with Crippen LogP contribution in [0.15, 0.2) is 52.3 Å². The van der Waals surface area contributed by atoms with Crippen molar-refractivity contribution >= 4 is 35.3 Å².